The summed E-state index contributed by atoms with van der Waals surface area (Å²) in [6, 6.07) is 0. The zero-order chi connectivity index (χ0) is 17.7. The topological polar surface area (TPSA) is 26.3 Å². The average Bonchev–Trinajstić information content (AvgIpc) is 2.58. The van der Waals surface area contributed by atoms with Crippen molar-refractivity contribution < 1.29 is 9.53 Å². The quantitative estimate of drug-likeness (QED) is 0.132. The summed E-state index contributed by atoms with van der Waals surface area (Å²) in [5.41, 5.74) is 0. The Hall–Kier alpha value is -1.31. The van der Waals surface area contributed by atoms with Crippen molar-refractivity contribution in [3.63, 3.8) is 0 Å². The van der Waals surface area contributed by atoms with Crippen molar-refractivity contribution in [1.82, 2.24) is 0 Å². The van der Waals surface area contributed by atoms with Crippen molar-refractivity contribution in [2.24, 2.45) is 0 Å². The lowest BCUT2D eigenvalue weighted by Crippen LogP contribution is -2.01. The average molecular weight is 335 g/mol. The minimum Gasteiger partial charge on any atom is -0.466 e. The molecule has 138 valence electrons. The summed E-state index contributed by atoms with van der Waals surface area (Å²) in [5, 5.41) is 0. The third kappa shape index (κ3) is 18.7. The molecule has 0 amide bonds. The first kappa shape index (κ1) is 22.7. The van der Waals surface area contributed by atoms with E-state index < -0.39 is 0 Å². The molecule has 0 N–H and O–H groups in total. The van der Waals surface area contributed by atoms with Crippen LogP contribution in [0.5, 0.6) is 0 Å². The van der Waals surface area contributed by atoms with Crippen LogP contribution in [0.2, 0.25) is 0 Å². The fraction of sp³-hybridized carbons (Fsp3) is 0.682. The fourth-order valence-electron chi connectivity index (χ4n) is 2.44. The number of hydrogen-bond acceptors (Lipinski definition) is 2. The molecule has 0 aromatic heterocycles. The van der Waals surface area contributed by atoms with Gasteiger partial charge in [-0.1, -0.05) is 75.5 Å². The van der Waals surface area contributed by atoms with Crippen molar-refractivity contribution in [3.8, 4) is 0 Å². The van der Waals surface area contributed by atoms with Gasteiger partial charge in [0.2, 0.25) is 0 Å². The van der Waals surface area contributed by atoms with Gasteiger partial charge in [-0.3, -0.25) is 4.79 Å². The van der Waals surface area contributed by atoms with Gasteiger partial charge in [-0.25, -0.2) is 0 Å². The maximum absolute atomic E-state index is 11.1. The van der Waals surface area contributed by atoms with E-state index in [-0.39, 0.29) is 5.97 Å². The number of esters is 1. The highest BCUT2D eigenvalue weighted by Crippen LogP contribution is 2.08. The molecule has 0 fully saturated rings. The van der Waals surface area contributed by atoms with Crippen LogP contribution in [0.15, 0.2) is 36.5 Å². The van der Waals surface area contributed by atoms with E-state index in [2.05, 4.69) is 25.2 Å². The summed E-state index contributed by atoms with van der Waals surface area (Å²) in [6.07, 6.45) is 27.3. The van der Waals surface area contributed by atoms with E-state index in [0.29, 0.717) is 13.0 Å². The van der Waals surface area contributed by atoms with Gasteiger partial charge in [0, 0.05) is 0 Å². The zero-order valence-electron chi connectivity index (χ0n) is 16.0. The Balaban J connectivity index is 3.32. The van der Waals surface area contributed by atoms with E-state index in [4.69, 9.17) is 4.74 Å². The molecule has 0 aromatic rings. The molecule has 0 aliphatic carbocycles. The van der Waals surface area contributed by atoms with Crippen LogP contribution in [0.25, 0.3) is 0 Å². The number of hydrogen-bond donors (Lipinski definition) is 0. The second-order valence-corrected chi connectivity index (χ2v) is 6.18. The van der Waals surface area contributed by atoms with E-state index in [1.165, 1.54) is 64.2 Å². The van der Waals surface area contributed by atoms with Gasteiger partial charge in [0.1, 0.15) is 0 Å². The first-order valence-corrected chi connectivity index (χ1v) is 9.93. The van der Waals surface area contributed by atoms with E-state index in [0.717, 1.165) is 6.42 Å². The van der Waals surface area contributed by atoms with Gasteiger partial charge in [-0.2, -0.15) is 0 Å². The largest absolute Gasteiger partial charge is 0.466 e. The Kier molecular flexibility index (Phi) is 18.7. The Labute approximate surface area is 150 Å². The monoisotopic (exact) mass is 334 g/mol. The van der Waals surface area contributed by atoms with Crippen molar-refractivity contribution in [1.29, 1.82) is 0 Å². The number of ether oxygens (including phenoxy) is 1. The maximum Gasteiger partial charge on any atom is 0.309 e. The Morgan fingerprint density at radius 1 is 0.708 bits per heavy atom. The lowest BCUT2D eigenvalue weighted by atomic mass is 10.1. The molecule has 0 aromatic carbocycles. The first-order valence-electron chi connectivity index (χ1n) is 9.93. The molecule has 0 unspecified atom stereocenters. The van der Waals surface area contributed by atoms with Crippen LogP contribution >= 0.6 is 0 Å². The fourth-order valence-corrected chi connectivity index (χ4v) is 2.44. The molecule has 0 heterocycles. The van der Waals surface area contributed by atoms with Gasteiger partial charge < -0.3 is 4.74 Å². The SMILES string of the molecule is CCCCCCCCC=CCCCCC=C/C=C\CC(=O)OCC. The van der Waals surface area contributed by atoms with Gasteiger partial charge in [-0.15, -0.1) is 0 Å². The van der Waals surface area contributed by atoms with E-state index in [1.807, 2.05) is 25.2 Å². The summed E-state index contributed by atoms with van der Waals surface area (Å²) in [5.74, 6) is -0.158. The van der Waals surface area contributed by atoms with Crippen molar-refractivity contribution in [2.45, 2.75) is 90.9 Å². The number of carbonyl (C=O) groups excluding carboxylic acids is 1. The van der Waals surface area contributed by atoms with E-state index in [1.54, 1.807) is 0 Å². The molecule has 2 nitrogen and oxygen atoms in total. The lowest BCUT2D eigenvalue weighted by molar-refractivity contribution is -0.142. The van der Waals surface area contributed by atoms with Crippen molar-refractivity contribution in [3.05, 3.63) is 36.5 Å². The molecule has 0 spiro atoms. The Bertz CT molecular complexity index is 353. The van der Waals surface area contributed by atoms with Crippen LogP contribution < -0.4 is 0 Å². The number of carbonyl (C=O) groups is 1. The third-order valence-electron chi connectivity index (χ3n) is 3.86. The molecule has 0 aliphatic rings. The van der Waals surface area contributed by atoms with Crippen LogP contribution in [0.4, 0.5) is 0 Å². The van der Waals surface area contributed by atoms with Crippen molar-refractivity contribution >= 4 is 5.97 Å². The molecule has 0 aliphatic heterocycles. The van der Waals surface area contributed by atoms with E-state index in [9.17, 15) is 4.79 Å². The molecule has 0 rings (SSSR count). The van der Waals surface area contributed by atoms with E-state index >= 15 is 0 Å². The number of rotatable bonds is 16. The van der Waals surface area contributed by atoms with Crippen LogP contribution in [-0.4, -0.2) is 12.6 Å². The Morgan fingerprint density at radius 3 is 1.92 bits per heavy atom. The third-order valence-corrected chi connectivity index (χ3v) is 3.86. The molecule has 0 radical (unpaired) electrons. The number of allylic oxidation sites excluding steroid dienone is 5. The zero-order valence-corrected chi connectivity index (χ0v) is 16.0. The first-order chi connectivity index (χ1) is 11.8. The normalized spacial score (nSPS) is 11.9. The van der Waals surface area contributed by atoms with Gasteiger partial charge >= 0.3 is 5.97 Å². The standard InChI is InChI=1S/C22H38O2/c1-3-5-6-7-8-9-10-11-12-13-14-15-16-17-18-19-20-21-22(23)24-4-2/h11-12,17-20H,3-10,13-16,21H2,1-2H3/b12-11?,18-17?,20-19-. The molecule has 0 bridgehead atoms. The molecule has 0 saturated heterocycles. The van der Waals surface area contributed by atoms with Crippen molar-refractivity contribution in [2.75, 3.05) is 6.61 Å². The molecule has 24 heavy (non-hydrogen) atoms. The lowest BCUT2D eigenvalue weighted by Gasteiger charge is -1.97. The van der Waals surface area contributed by atoms with Gasteiger partial charge in [0.15, 0.2) is 0 Å². The summed E-state index contributed by atoms with van der Waals surface area (Å²) in [7, 11) is 0. The smallest absolute Gasteiger partial charge is 0.309 e. The van der Waals surface area contributed by atoms with Crippen LogP contribution in [0.1, 0.15) is 90.9 Å². The van der Waals surface area contributed by atoms with Crippen LogP contribution in [0.3, 0.4) is 0 Å². The Morgan fingerprint density at radius 2 is 1.25 bits per heavy atom. The highest BCUT2D eigenvalue weighted by Gasteiger charge is 1.94. The van der Waals surface area contributed by atoms with Gasteiger partial charge in [0.05, 0.1) is 13.0 Å². The molecule has 0 atom stereocenters. The predicted octanol–water partition coefficient (Wildman–Crippen LogP) is 6.92. The summed E-state index contributed by atoms with van der Waals surface area (Å²) >= 11 is 0. The second kappa shape index (κ2) is 19.7. The summed E-state index contributed by atoms with van der Waals surface area (Å²) < 4.78 is 4.85. The molecule has 0 saturated carbocycles. The van der Waals surface area contributed by atoms with Crippen LogP contribution in [-0.2, 0) is 9.53 Å². The second-order valence-electron chi connectivity index (χ2n) is 6.18. The van der Waals surface area contributed by atoms with Crippen LogP contribution in [0, 0.1) is 0 Å². The summed E-state index contributed by atoms with van der Waals surface area (Å²) in [6.45, 7) is 4.54. The maximum atomic E-state index is 11.1. The predicted molar refractivity (Wildman–Crippen MR) is 105 cm³/mol. The van der Waals surface area contributed by atoms with Gasteiger partial charge in [-0.05, 0) is 45.4 Å². The highest BCUT2D eigenvalue weighted by atomic mass is 16.5. The minimum atomic E-state index is -0.158. The highest BCUT2D eigenvalue weighted by molar-refractivity contribution is 5.71. The molecular formula is C22H38O2. The number of unbranched alkanes of at least 4 members (excludes halogenated alkanes) is 9. The molecule has 2 heteroatoms. The minimum absolute atomic E-state index is 0.158. The van der Waals surface area contributed by atoms with Gasteiger partial charge in [0.25, 0.3) is 0 Å². The summed E-state index contributed by atoms with van der Waals surface area (Å²) in [4.78, 5) is 11.1. The molecular weight excluding hydrogens is 296 g/mol.